The van der Waals surface area contributed by atoms with Crippen LogP contribution in [0.2, 0.25) is 0 Å². The van der Waals surface area contributed by atoms with Gasteiger partial charge in [-0.15, -0.1) is 0 Å². The highest BCUT2D eigenvalue weighted by atomic mass is 16.6. The second-order valence-electron chi connectivity index (χ2n) is 3.37. The van der Waals surface area contributed by atoms with E-state index in [0.717, 1.165) is 0 Å². The molecule has 0 atom stereocenters. The molecule has 0 spiro atoms. The van der Waals surface area contributed by atoms with Gasteiger partial charge in [-0.05, 0) is 12.0 Å². The van der Waals surface area contributed by atoms with E-state index in [2.05, 4.69) is 4.74 Å². The smallest absolute Gasteiger partial charge is 0.374 e. The molecule has 0 aromatic carbocycles. The molecule has 0 fully saturated rings. The van der Waals surface area contributed by atoms with Crippen molar-refractivity contribution in [1.29, 1.82) is 0 Å². The zero-order valence-electron chi connectivity index (χ0n) is 8.11. The Morgan fingerprint density at radius 2 is 2.21 bits per heavy atom. The van der Waals surface area contributed by atoms with Crippen LogP contribution in [0.15, 0.2) is 23.5 Å². The number of aliphatic hydroxyl groups excluding tert-OH is 1. The van der Waals surface area contributed by atoms with Gasteiger partial charge < -0.3 is 9.84 Å². The Morgan fingerprint density at radius 1 is 1.57 bits per heavy atom. The molecule has 0 amide bonds. The number of carbonyl (C=O) groups is 2. The van der Waals surface area contributed by atoms with Crippen molar-refractivity contribution in [3.63, 3.8) is 0 Å². The molecule has 4 heteroatoms. The van der Waals surface area contributed by atoms with Crippen LogP contribution in [0.25, 0.3) is 0 Å². The van der Waals surface area contributed by atoms with Gasteiger partial charge in [-0.2, -0.15) is 0 Å². The number of carbonyl (C=O) groups excluding carboxylic acids is 2. The maximum Gasteiger partial charge on any atom is 0.374 e. The van der Waals surface area contributed by atoms with E-state index in [4.69, 9.17) is 5.11 Å². The summed E-state index contributed by atoms with van der Waals surface area (Å²) in [6.45, 7) is 3.72. The van der Waals surface area contributed by atoms with Crippen molar-refractivity contribution in [2.45, 2.75) is 13.8 Å². The molecule has 0 aromatic rings. The fourth-order valence-corrected chi connectivity index (χ4v) is 0.966. The van der Waals surface area contributed by atoms with Gasteiger partial charge in [0.05, 0.1) is 5.57 Å². The molecule has 0 aromatic heterocycles. The lowest BCUT2D eigenvalue weighted by molar-refractivity contribution is -0.138. The quantitative estimate of drug-likeness (QED) is 0.543. The summed E-state index contributed by atoms with van der Waals surface area (Å²) >= 11 is 0. The van der Waals surface area contributed by atoms with E-state index in [1.165, 1.54) is 6.08 Å². The fraction of sp³-hybridized carbons (Fsp3) is 0.400. The number of hydrogen-bond donors (Lipinski definition) is 1. The van der Waals surface area contributed by atoms with Crippen LogP contribution in [0.4, 0.5) is 0 Å². The molecule has 0 saturated carbocycles. The van der Waals surface area contributed by atoms with E-state index in [-0.39, 0.29) is 23.9 Å². The largest absolute Gasteiger partial charge is 0.501 e. The van der Waals surface area contributed by atoms with E-state index in [9.17, 15) is 9.59 Å². The van der Waals surface area contributed by atoms with Crippen LogP contribution in [-0.4, -0.2) is 23.5 Å². The lowest BCUT2D eigenvalue weighted by Gasteiger charge is -1.95. The monoisotopic (exact) mass is 196 g/mol. The molecule has 0 radical (unpaired) electrons. The van der Waals surface area contributed by atoms with Gasteiger partial charge in [-0.3, -0.25) is 4.79 Å². The molecular formula is C10H12O4. The summed E-state index contributed by atoms with van der Waals surface area (Å²) in [6.07, 6.45) is 3.05. The molecule has 1 aliphatic rings. The Morgan fingerprint density at radius 3 is 2.64 bits per heavy atom. The Bertz CT molecular complexity index is 323. The Kier molecular flexibility index (Phi) is 3.06. The minimum atomic E-state index is -0.828. The second kappa shape index (κ2) is 4.09. The lowest BCUT2D eigenvalue weighted by Crippen LogP contribution is -2.02. The molecule has 4 nitrogen and oxygen atoms in total. The standard InChI is InChI=1S/C10H12O4/c1-6(2)3-4-8(11)7-5-14-10(13)9(7)12/h3-4,6,12H,5H2,1-2H3/b4-3+. The molecule has 1 rings (SSSR count). The Labute approximate surface area is 81.9 Å². The van der Waals surface area contributed by atoms with Gasteiger partial charge in [0.25, 0.3) is 0 Å². The van der Waals surface area contributed by atoms with Crippen LogP contribution in [0.5, 0.6) is 0 Å². The van der Waals surface area contributed by atoms with E-state index in [1.807, 2.05) is 13.8 Å². The maximum absolute atomic E-state index is 11.4. The molecule has 0 bridgehead atoms. The number of ketones is 1. The highest BCUT2D eigenvalue weighted by molar-refractivity contribution is 6.10. The van der Waals surface area contributed by atoms with E-state index in [0.29, 0.717) is 0 Å². The second-order valence-corrected chi connectivity index (χ2v) is 3.37. The third kappa shape index (κ3) is 2.22. The summed E-state index contributed by atoms with van der Waals surface area (Å²) in [5.74, 6) is -1.52. The minimum absolute atomic E-state index is 0.0342. The Balaban J connectivity index is 2.76. The summed E-state index contributed by atoms with van der Waals surface area (Å²) < 4.78 is 4.49. The zero-order valence-corrected chi connectivity index (χ0v) is 8.11. The molecule has 76 valence electrons. The van der Waals surface area contributed by atoms with Gasteiger partial charge in [0.2, 0.25) is 5.76 Å². The summed E-state index contributed by atoms with van der Waals surface area (Å²) in [4.78, 5) is 22.1. The summed E-state index contributed by atoms with van der Waals surface area (Å²) in [7, 11) is 0. The van der Waals surface area contributed by atoms with Crippen LogP contribution >= 0.6 is 0 Å². The molecule has 1 heterocycles. The summed E-state index contributed by atoms with van der Waals surface area (Å²) in [6, 6.07) is 0. The number of allylic oxidation sites excluding steroid dienone is 2. The zero-order chi connectivity index (χ0) is 10.7. The number of cyclic esters (lactones) is 1. The van der Waals surface area contributed by atoms with Crippen LogP contribution < -0.4 is 0 Å². The van der Waals surface area contributed by atoms with Crippen molar-refractivity contribution in [2.24, 2.45) is 5.92 Å². The number of esters is 1. The van der Waals surface area contributed by atoms with Crippen molar-refractivity contribution < 1.29 is 19.4 Å². The first kappa shape index (κ1) is 10.5. The van der Waals surface area contributed by atoms with E-state index >= 15 is 0 Å². The predicted octanol–water partition coefficient (Wildman–Crippen LogP) is 1.14. The van der Waals surface area contributed by atoms with Crippen LogP contribution in [-0.2, 0) is 14.3 Å². The van der Waals surface area contributed by atoms with Gasteiger partial charge in [0.15, 0.2) is 5.78 Å². The first-order valence-electron chi connectivity index (χ1n) is 4.34. The maximum atomic E-state index is 11.4. The first-order valence-corrected chi connectivity index (χ1v) is 4.34. The molecule has 14 heavy (non-hydrogen) atoms. The highest BCUT2D eigenvalue weighted by Gasteiger charge is 2.27. The van der Waals surface area contributed by atoms with Gasteiger partial charge >= 0.3 is 5.97 Å². The van der Waals surface area contributed by atoms with Gasteiger partial charge in [-0.25, -0.2) is 4.79 Å². The topological polar surface area (TPSA) is 63.6 Å². The first-order chi connectivity index (χ1) is 6.52. The normalized spacial score (nSPS) is 16.9. The van der Waals surface area contributed by atoms with E-state index < -0.39 is 11.7 Å². The summed E-state index contributed by atoms with van der Waals surface area (Å²) in [5.41, 5.74) is 0.0342. The molecule has 1 aliphatic heterocycles. The van der Waals surface area contributed by atoms with Gasteiger partial charge in [0.1, 0.15) is 6.61 Å². The summed E-state index contributed by atoms with van der Waals surface area (Å²) in [5, 5.41) is 9.14. The van der Waals surface area contributed by atoms with Crippen LogP contribution in [0.3, 0.4) is 0 Å². The SMILES string of the molecule is CC(C)/C=C/C(=O)C1=C(O)C(=O)OC1. The molecule has 0 saturated heterocycles. The third-order valence-electron chi connectivity index (χ3n) is 1.76. The highest BCUT2D eigenvalue weighted by Crippen LogP contribution is 2.14. The fourth-order valence-electron chi connectivity index (χ4n) is 0.966. The molecule has 0 unspecified atom stereocenters. The van der Waals surface area contributed by atoms with Crippen LogP contribution in [0.1, 0.15) is 13.8 Å². The average Bonchev–Trinajstić information content (AvgIpc) is 2.44. The minimum Gasteiger partial charge on any atom is -0.501 e. The van der Waals surface area contributed by atoms with Crippen LogP contribution in [0, 0.1) is 5.92 Å². The van der Waals surface area contributed by atoms with Gasteiger partial charge in [-0.1, -0.05) is 19.9 Å². The van der Waals surface area contributed by atoms with Crippen molar-refractivity contribution >= 4 is 11.8 Å². The molecule has 1 N–H and O–H groups in total. The van der Waals surface area contributed by atoms with Crippen molar-refractivity contribution in [3.8, 4) is 0 Å². The van der Waals surface area contributed by atoms with E-state index in [1.54, 1.807) is 6.08 Å². The lowest BCUT2D eigenvalue weighted by atomic mass is 10.1. The van der Waals surface area contributed by atoms with Crippen molar-refractivity contribution in [3.05, 3.63) is 23.5 Å². The number of rotatable bonds is 3. The van der Waals surface area contributed by atoms with Crippen molar-refractivity contribution in [2.75, 3.05) is 6.61 Å². The predicted molar refractivity (Wildman–Crippen MR) is 49.6 cm³/mol. The number of ether oxygens (including phenoxy) is 1. The Hall–Kier alpha value is -1.58. The number of hydrogen-bond acceptors (Lipinski definition) is 4. The number of aliphatic hydroxyl groups is 1. The molecular weight excluding hydrogens is 184 g/mol. The third-order valence-corrected chi connectivity index (χ3v) is 1.76. The van der Waals surface area contributed by atoms with Gasteiger partial charge in [0, 0.05) is 0 Å². The van der Waals surface area contributed by atoms with Crippen molar-refractivity contribution in [1.82, 2.24) is 0 Å². The molecule has 0 aliphatic carbocycles. The average molecular weight is 196 g/mol.